The SMILES string of the molecule is CCc1ncc(S(=O)(=O)N(C)CCN2CCOCC2)[nH]1. The van der Waals surface area contributed by atoms with Crippen molar-refractivity contribution < 1.29 is 13.2 Å². The highest BCUT2D eigenvalue weighted by molar-refractivity contribution is 7.89. The van der Waals surface area contributed by atoms with Gasteiger partial charge in [0.1, 0.15) is 5.82 Å². The molecule has 114 valence electrons. The van der Waals surface area contributed by atoms with Crippen LogP contribution in [0.4, 0.5) is 0 Å². The number of imidazole rings is 1. The molecule has 7 nitrogen and oxygen atoms in total. The Balaban J connectivity index is 1.94. The van der Waals surface area contributed by atoms with Gasteiger partial charge in [0, 0.05) is 39.6 Å². The van der Waals surface area contributed by atoms with Crippen LogP contribution in [0.1, 0.15) is 12.7 Å². The lowest BCUT2D eigenvalue weighted by molar-refractivity contribution is 0.0368. The van der Waals surface area contributed by atoms with E-state index < -0.39 is 10.0 Å². The highest BCUT2D eigenvalue weighted by atomic mass is 32.2. The number of morpholine rings is 1. The number of aryl methyl sites for hydroxylation is 1. The van der Waals surface area contributed by atoms with Gasteiger partial charge in [-0.25, -0.2) is 13.4 Å². The summed E-state index contributed by atoms with van der Waals surface area (Å²) in [6, 6.07) is 0. The summed E-state index contributed by atoms with van der Waals surface area (Å²) in [7, 11) is -1.87. The van der Waals surface area contributed by atoms with Crippen molar-refractivity contribution in [3.8, 4) is 0 Å². The topological polar surface area (TPSA) is 78.5 Å². The smallest absolute Gasteiger partial charge is 0.259 e. The van der Waals surface area contributed by atoms with Crippen molar-refractivity contribution in [2.24, 2.45) is 0 Å². The Bertz CT molecular complexity index is 523. The van der Waals surface area contributed by atoms with E-state index in [2.05, 4.69) is 14.9 Å². The van der Waals surface area contributed by atoms with Gasteiger partial charge < -0.3 is 9.72 Å². The van der Waals surface area contributed by atoms with Gasteiger partial charge in [0.05, 0.1) is 19.4 Å². The summed E-state index contributed by atoms with van der Waals surface area (Å²) in [6.45, 7) is 6.26. The minimum absolute atomic E-state index is 0.166. The third-order valence-corrected chi connectivity index (χ3v) is 5.23. The van der Waals surface area contributed by atoms with Gasteiger partial charge in [-0.1, -0.05) is 6.92 Å². The number of hydrogen-bond acceptors (Lipinski definition) is 5. The summed E-state index contributed by atoms with van der Waals surface area (Å²) in [5.74, 6) is 0.685. The quantitative estimate of drug-likeness (QED) is 0.795. The molecule has 1 fully saturated rings. The van der Waals surface area contributed by atoms with Crippen molar-refractivity contribution in [1.82, 2.24) is 19.2 Å². The molecule has 0 saturated carbocycles. The molecule has 0 spiro atoms. The molecule has 1 aromatic rings. The van der Waals surface area contributed by atoms with E-state index in [4.69, 9.17) is 4.74 Å². The second kappa shape index (κ2) is 6.66. The lowest BCUT2D eigenvalue weighted by atomic mass is 10.4. The van der Waals surface area contributed by atoms with E-state index in [1.54, 1.807) is 7.05 Å². The van der Waals surface area contributed by atoms with Gasteiger partial charge in [0.15, 0.2) is 5.03 Å². The lowest BCUT2D eigenvalue weighted by Crippen LogP contribution is -2.41. The fraction of sp³-hybridized carbons (Fsp3) is 0.750. The van der Waals surface area contributed by atoms with E-state index in [-0.39, 0.29) is 5.03 Å². The molecular formula is C12H22N4O3S. The van der Waals surface area contributed by atoms with E-state index in [0.717, 1.165) is 26.3 Å². The van der Waals surface area contributed by atoms with E-state index in [9.17, 15) is 8.42 Å². The van der Waals surface area contributed by atoms with E-state index in [1.807, 2.05) is 6.92 Å². The number of H-pyrrole nitrogens is 1. The Labute approximate surface area is 120 Å². The Morgan fingerprint density at radius 3 is 2.75 bits per heavy atom. The molecule has 0 amide bonds. The van der Waals surface area contributed by atoms with Crippen molar-refractivity contribution in [2.75, 3.05) is 46.4 Å². The van der Waals surface area contributed by atoms with Gasteiger partial charge in [-0.05, 0) is 0 Å². The van der Waals surface area contributed by atoms with Gasteiger partial charge >= 0.3 is 0 Å². The number of aromatic nitrogens is 2. The fourth-order valence-corrected chi connectivity index (χ4v) is 3.14. The van der Waals surface area contributed by atoms with Gasteiger partial charge in [0.25, 0.3) is 10.0 Å². The number of nitrogens with one attached hydrogen (secondary N) is 1. The number of ether oxygens (including phenoxy) is 1. The van der Waals surface area contributed by atoms with E-state index in [0.29, 0.717) is 25.3 Å². The predicted molar refractivity (Wildman–Crippen MR) is 75.0 cm³/mol. The molecule has 0 atom stereocenters. The van der Waals surface area contributed by atoms with Crippen molar-refractivity contribution in [1.29, 1.82) is 0 Å². The normalized spacial score (nSPS) is 17.8. The van der Waals surface area contributed by atoms with Crippen LogP contribution in [0.15, 0.2) is 11.2 Å². The van der Waals surface area contributed by atoms with Crippen LogP contribution >= 0.6 is 0 Å². The van der Waals surface area contributed by atoms with Crippen LogP contribution in [0.25, 0.3) is 0 Å². The van der Waals surface area contributed by atoms with Crippen molar-refractivity contribution in [3.05, 3.63) is 12.0 Å². The molecule has 2 rings (SSSR count). The van der Waals surface area contributed by atoms with Crippen LogP contribution in [0.3, 0.4) is 0 Å². The van der Waals surface area contributed by atoms with Crippen molar-refractivity contribution in [2.45, 2.75) is 18.4 Å². The van der Waals surface area contributed by atoms with Gasteiger partial charge in [-0.3, -0.25) is 4.90 Å². The lowest BCUT2D eigenvalue weighted by Gasteiger charge is -2.28. The maximum Gasteiger partial charge on any atom is 0.259 e. The first-order valence-electron chi connectivity index (χ1n) is 6.84. The highest BCUT2D eigenvalue weighted by Gasteiger charge is 2.23. The molecule has 0 aromatic carbocycles. The van der Waals surface area contributed by atoms with Crippen LogP contribution in [0.5, 0.6) is 0 Å². The molecule has 1 saturated heterocycles. The second-order valence-electron chi connectivity index (χ2n) is 4.83. The van der Waals surface area contributed by atoms with Gasteiger partial charge in [-0.2, -0.15) is 4.31 Å². The first-order valence-corrected chi connectivity index (χ1v) is 8.28. The molecule has 1 aromatic heterocycles. The summed E-state index contributed by atoms with van der Waals surface area (Å²) in [5.41, 5.74) is 0. The zero-order valence-corrected chi connectivity index (χ0v) is 12.8. The zero-order chi connectivity index (χ0) is 14.6. The zero-order valence-electron chi connectivity index (χ0n) is 12.0. The average Bonchev–Trinajstić information content (AvgIpc) is 2.95. The monoisotopic (exact) mass is 302 g/mol. The molecule has 20 heavy (non-hydrogen) atoms. The number of hydrogen-bond donors (Lipinski definition) is 1. The molecule has 0 radical (unpaired) electrons. The Morgan fingerprint density at radius 2 is 2.15 bits per heavy atom. The third-order valence-electron chi connectivity index (χ3n) is 3.46. The molecule has 1 aliphatic heterocycles. The van der Waals surface area contributed by atoms with Gasteiger partial charge in [0.2, 0.25) is 0 Å². The summed E-state index contributed by atoms with van der Waals surface area (Å²) in [4.78, 5) is 9.10. The molecule has 0 bridgehead atoms. The van der Waals surface area contributed by atoms with Crippen molar-refractivity contribution >= 4 is 10.0 Å². The Morgan fingerprint density at radius 1 is 1.45 bits per heavy atom. The number of sulfonamides is 1. The van der Waals surface area contributed by atoms with Gasteiger partial charge in [-0.15, -0.1) is 0 Å². The maximum atomic E-state index is 12.3. The predicted octanol–water partition coefficient (Wildman–Crippen LogP) is -0.0752. The first kappa shape index (κ1) is 15.4. The molecule has 1 N–H and O–H groups in total. The number of aromatic amines is 1. The van der Waals surface area contributed by atoms with Crippen molar-refractivity contribution in [3.63, 3.8) is 0 Å². The minimum atomic E-state index is -3.47. The number of rotatable bonds is 6. The summed E-state index contributed by atoms with van der Waals surface area (Å²) < 4.78 is 31.3. The molecule has 0 aliphatic carbocycles. The Hall–Kier alpha value is -0.960. The fourth-order valence-electron chi connectivity index (χ4n) is 2.05. The van der Waals surface area contributed by atoms with E-state index >= 15 is 0 Å². The second-order valence-corrected chi connectivity index (χ2v) is 6.84. The molecule has 2 heterocycles. The van der Waals surface area contributed by atoms with Crippen LogP contribution in [0, 0.1) is 0 Å². The third kappa shape index (κ3) is 3.57. The number of nitrogens with zero attached hydrogens (tertiary/aromatic N) is 3. The summed E-state index contributed by atoms with van der Waals surface area (Å²) >= 11 is 0. The standard InChI is InChI=1S/C12H22N4O3S/c1-3-11-13-10-12(14-11)20(17,18)15(2)4-5-16-6-8-19-9-7-16/h10H,3-9H2,1-2H3,(H,13,14). The van der Waals surface area contributed by atoms with Crippen LogP contribution in [-0.2, 0) is 21.2 Å². The number of likely N-dealkylation sites (N-methyl/N-ethyl adjacent to an activating group) is 1. The minimum Gasteiger partial charge on any atom is -0.379 e. The maximum absolute atomic E-state index is 12.3. The summed E-state index contributed by atoms with van der Waals surface area (Å²) in [6.07, 6.45) is 2.08. The highest BCUT2D eigenvalue weighted by Crippen LogP contribution is 2.12. The van der Waals surface area contributed by atoms with Crippen LogP contribution in [0.2, 0.25) is 0 Å². The largest absolute Gasteiger partial charge is 0.379 e. The first-order chi connectivity index (χ1) is 9.54. The van der Waals surface area contributed by atoms with Crippen LogP contribution < -0.4 is 0 Å². The van der Waals surface area contributed by atoms with Crippen LogP contribution in [-0.4, -0.2) is 74.0 Å². The molecule has 0 unspecified atom stereocenters. The molecule has 8 heteroatoms. The Kier molecular flexibility index (Phi) is 5.14. The molecular weight excluding hydrogens is 280 g/mol. The molecule has 1 aliphatic rings. The summed E-state index contributed by atoms with van der Waals surface area (Å²) in [5, 5.41) is 0.166. The average molecular weight is 302 g/mol. The van der Waals surface area contributed by atoms with E-state index in [1.165, 1.54) is 10.5 Å².